The number of hydrogen-bond donors (Lipinski definition) is 4. The molecule has 0 aromatic carbocycles. The maximum Gasteiger partial charge on any atom is 0.407 e. The first-order chi connectivity index (χ1) is 17.0. The van der Waals surface area contributed by atoms with Gasteiger partial charge in [-0.1, -0.05) is 24.0 Å². The molecule has 2 rings (SSSR count). The molecule has 13 heteroatoms. The smallest absolute Gasteiger partial charge is 0.407 e. The van der Waals surface area contributed by atoms with Crippen LogP contribution in [0.3, 0.4) is 0 Å². The number of carbonyl (C=O) groups excluding carboxylic acids is 3. The molecule has 36 heavy (non-hydrogen) atoms. The molecule has 2 aromatic heterocycles. The van der Waals surface area contributed by atoms with Crippen LogP contribution in [0.15, 0.2) is 54.8 Å². The SMILES string of the molecule is C=C(F)/C=C\C=C(\F)CC(=O)c1sc(Nc2ccc(C(=O)NCCNC(=O)OC(C)C)cn2)nc1N. The fourth-order valence-electron chi connectivity index (χ4n) is 2.54. The fourth-order valence-corrected chi connectivity index (χ4v) is 3.37. The summed E-state index contributed by atoms with van der Waals surface area (Å²) in [6, 6.07) is 3.05. The molecular formula is C23H26F2N6O4S. The molecule has 0 atom stereocenters. The monoisotopic (exact) mass is 520 g/mol. The van der Waals surface area contributed by atoms with Crippen LogP contribution in [-0.4, -0.2) is 46.9 Å². The number of amides is 2. The van der Waals surface area contributed by atoms with Gasteiger partial charge >= 0.3 is 6.09 Å². The summed E-state index contributed by atoms with van der Waals surface area (Å²) >= 11 is 0.916. The van der Waals surface area contributed by atoms with E-state index in [1.165, 1.54) is 18.3 Å². The van der Waals surface area contributed by atoms with Gasteiger partial charge in [-0.25, -0.2) is 23.5 Å². The molecular weight excluding hydrogens is 494 g/mol. The molecule has 0 spiro atoms. The van der Waals surface area contributed by atoms with Gasteiger partial charge < -0.3 is 26.4 Å². The van der Waals surface area contributed by atoms with Gasteiger partial charge in [-0.2, -0.15) is 0 Å². The lowest BCUT2D eigenvalue weighted by Crippen LogP contribution is -2.35. The maximum atomic E-state index is 13.9. The summed E-state index contributed by atoms with van der Waals surface area (Å²) in [6.07, 6.45) is 2.98. The molecule has 0 saturated carbocycles. The van der Waals surface area contributed by atoms with E-state index in [-0.39, 0.29) is 46.5 Å². The lowest BCUT2D eigenvalue weighted by Gasteiger charge is -2.10. The van der Waals surface area contributed by atoms with E-state index in [4.69, 9.17) is 10.5 Å². The third kappa shape index (κ3) is 9.62. The van der Waals surface area contributed by atoms with Gasteiger partial charge in [0.25, 0.3) is 5.91 Å². The second kappa shape index (κ2) is 13.7. The normalized spacial score (nSPS) is 11.4. The lowest BCUT2D eigenvalue weighted by atomic mass is 10.2. The Morgan fingerprint density at radius 2 is 1.94 bits per heavy atom. The summed E-state index contributed by atoms with van der Waals surface area (Å²) < 4.78 is 31.3. The van der Waals surface area contributed by atoms with Crippen molar-refractivity contribution in [2.24, 2.45) is 0 Å². The van der Waals surface area contributed by atoms with Crippen molar-refractivity contribution in [2.75, 3.05) is 24.1 Å². The van der Waals surface area contributed by atoms with Crippen molar-refractivity contribution in [2.45, 2.75) is 26.4 Å². The molecule has 0 radical (unpaired) electrons. The van der Waals surface area contributed by atoms with Crippen LogP contribution in [0.2, 0.25) is 0 Å². The first kappa shape index (κ1) is 28.1. The number of pyridine rings is 1. The van der Waals surface area contributed by atoms with Crippen LogP contribution in [0.25, 0.3) is 0 Å². The molecule has 2 aromatic rings. The zero-order valence-corrected chi connectivity index (χ0v) is 20.5. The number of ether oxygens (including phenoxy) is 1. The summed E-state index contributed by atoms with van der Waals surface area (Å²) in [7, 11) is 0. The highest BCUT2D eigenvalue weighted by Crippen LogP contribution is 2.29. The molecule has 2 amide bonds. The highest BCUT2D eigenvalue weighted by Gasteiger charge is 2.18. The Morgan fingerprint density at radius 3 is 2.58 bits per heavy atom. The summed E-state index contributed by atoms with van der Waals surface area (Å²) in [5.41, 5.74) is 6.07. The van der Waals surface area contributed by atoms with E-state index < -0.39 is 30.0 Å². The second-order valence-electron chi connectivity index (χ2n) is 7.45. The molecule has 0 fully saturated rings. The summed E-state index contributed by atoms with van der Waals surface area (Å²) in [4.78, 5) is 44.2. The third-order valence-corrected chi connectivity index (χ3v) is 5.10. The maximum absolute atomic E-state index is 13.9. The Balaban J connectivity index is 1.89. The van der Waals surface area contributed by atoms with E-state index in [1.807, 2.05) is 0 Å². The number of halogens is 2. The number of hydrogen-bond acceptors (Lipinski definition) is 9. The van der Waals surface area contributed by atoms with Crippen molar-refractivity contribution in [3.8, 4) is 0 Å². The lowest BCUT2D eigenvalue weighted by molar-refractivity contribution is 0.0947. The number of anilines is 3. The molecule has 0 aliphatic rings. The predicted molar refractivity (Wildman–Crippen MR) is 134 cm³/mol. The van der Waals surface area contributed by atoms with Gasteiger partial charge in [0.15, 0.2) is 10.9 Å². The highest BCUT2D eigenvalue weighted by molar-refractivity contribution is 7.18. The minimum Gasteiger partial charge on any atom is -0.447 e. The van der Waals surface area contributed by atoms with E-state index in [9.17, 15) is 23.2 Å². The Bertz CT molecular complexity index is 1160. The average Bonchev–Trinajstić information content (AvgIpc) is 3.16. The van der Waals surface area contributed by atoms with Crippen molar-refractivity contribution in [1.82, 2.24) is 20.6 Å². The number of rotatable bonds is 12. The molecule has 0 bridgehead atoms. The number of nitrogens with one attached hydrogen (secondary N) is 3. The van der Waals surface area contributed by atoms with Crippen LogP contribution >= 0.6 is 11.3 Å². The number of thiazole rings is 1. The molecule has 192 valence electrons. The Labute approximate surface area is 210 Å². The van der Waals surface area contributed by atoms with Gasteiger partial charge in [0, 0.05) is 19.3 Å². The number of alkyl carbamates (subject to hydrolysis) is 1. The van der Waals surface area contributed by atoms with Crippen molar-refractivity contribution in [3.05, 3.63) is 65.2 Å². The van der Waals surface area contributed by atoms with E-state index >= 15 is 0 Å². The number of ketones is 1. The first-order valence-electron chi connectivity index (χ1n) is 10.7. The minimum absolute atomic E-state index is 0.0572. The number of nitrogens with two attached hydrogens (primary N) is 1. The van der Waals surface area contributed by atoms with Gasteiger partial charge in [0.05, 0.1) is 18.1 Å². The Morgan fingerprint density at radius 1 is 1.22 bits per heavy atom. The van der Waals surface area contributed by atoms with Crippen LogP contribution < -0.4 is 21.7 Å². The van der Waals surface area contributed by atoms with Crippen molar-refractivity contribution in [1.29, 1.82) is 0 Å². The number of nitrogens with zero attached hydrogens (tertiary/aromatic N) is 2. The number of aromatic nitrogens is 2. The number of Topliss-reactive ketones (excluding diaryl/α,β-unsaturated/α-hetero) is 1. The third-order valence-electron chi connectivity index (χ3n) is 4.07. The van der Waals surface area contributed by atoms with Crippen LogP contribution in [-0.2, 0) is 4.74 Å². The number of allylic oxidation sites excluding steroid dienone is 5. The fraction of sp³-hybridized carbons (Fsp3) is 0.261. The molecule has 0 aliphatic carbocycles. The van der Waals surface area contributed by atoms with E-state index in [0.29, 0.717) is 5.82 Å². The Hall–Kier alpha value is -4.13. The second-order valence-corrected chi connectivity index (χ2v) is 8.45. The summed E-state index contributed by atoms with van der Waals surface area (Å²) in [5, 5.41) is 8.26. The van der Waals surface area contributed by atoms with Crippen LogP contribution in [0.4, 0.5) is 30.3 Å². The largest absolute Gasteiger partial charge is 0.447 e. The number of carbonyl (C=O) groups is 3. The van der Waals surface area contributed by atoms with E-state index in [0.717, 1.165) is 29.6 Å². The molecule has 0 saturated heterocycles. The van der Waals surface area contributed by atoms with Gasteiger partial charge in [0.1, 0.15) is 28.2 Å². The molecule has 0 aliphatic heterocycles. The van der Waals surface area contributed by atoms with Gasteiger partial charge in [-0.15, -0.1) is 0 Å². The highest BCUT2D eigenvalue weighted by atomic mass is 32.1. The zero-order valence-electron chi connectivity index (χ0n) is 19.6. The van der Waals surface area contributed by atoms with E-state index in [1.54, 1.807) is 13.8 Å². The van der Waals surface area contributed by atoms with Gasteiger partial charge in [-0.05, 0) is 38.1 Å². The van der Waals surface area contributed by atoms with E-state index in [2.05, 4.69) is 32.5 Å². The van der Waals surface area contributed by atoms with Crippen LogP contribution in [0, 0.1) is 0 Å². The summed E-state index contributed by atoms with van der Waals surface area (Å²) in [6.45, 7) is 6.85. The molecule has 2 heterocycles. The number of nitrogen functional groups attached to an aromatic ring is 1. The summed E-state index contributed by atoms with van der Waals surface area (Å²) in [5.74, 6) is -2.24. The van der Waals surface area contributed by atoms with Gasteiger partial charge in [-0.3, -0.25) is 9.59 Å². The zero-order chi connectivity index (χ0) is 26.7. The molecule has 5 N–H and O–H groups in total. The molecule has 0 unspecified atom stereocenters. The predicted octanol–water partition coefficient (Wildman–Crippen LogP) is 4.19. The Kier molecular flexibility index (Phi) is 10.7. The van der Waals surface area contributed by atoms with Gasteiger partial charge in [0.2, 0.25) is 0 Å². The molecule has 10 nitrogen and oxygen atoms in total. The topological polar surface area (TPSA) is 148 Å². The first-order valence-corrected chi connectivity index (χ1v) is 11.5. The average molecular weight is 521 g/mol. The standard InChI is InChI=1S/C23H26F2N6O4S/c1-13(2)35-23(34)28-10-9-27-21(33)15-7-8-18(29-12-15)30-22-31-20(26)19(36-22)17(32)11-16(25)6-4-5-14(3)24/h4-8,12-13H,3,9-11,26H2,1-2H3,(H,27,33)(H,28,34)(H,29,30,31)/b5-4-,16-6+. The van der Waals surface area contributed by atoms with Crippen molar-refractivity contribution >= 4 is 45.9 Å². The van der Waals surface area contributed by atoms with Crippen molar-refractivity contribution < 1.29 is 27.9 Å². The minimum atomic E-state index is -0.776. The van der Waals surface area contributed by atoms with Crippen LogP contribution in [0.1, 0.15) is 40.3 Å². The van der Waals surface area contributed by atoms with Crippen LogP contribution in [0.5, 0.6) is 0 Å². The quantitative estimate of drug-likeness (QED) is 0.185. The van der Waals surface area contributed by atoms with Crippen molar-refractivity contribution in [3.63, 3.8) is 0 Å².